The topological polar surface area (TPSA) is 98.7 Å². The van der Waals surface area contributed by atoms with Gasteiger partial charge in [0.2, 0.25) is 0 Å². The number of rotatable bonds is 5. The van der Waals surface area contributed by atoms with E-state index in [4.69, 9.17) is 20.9 Å². The largest absolute Gasteiger partial charge is 0.449 e. The number of anilines is 1. The van der Waals surface area contributed by atoms with Gasteiger partial charge in [-0.25, -0.2) is 9.78 Å². The molecule has 0 radical (unpaired) electrons. The Kier molecular flexibility index (Phi) is 5.04. The maximum absolute atomic E-state index is 12.0. The Bertz CT molecular complexity index is 992. The van der Waals surface area contributed by atoms with E-state index in [2.05, 4.69) is 15.5 Å². The van der Waals surface area contributed by atoms with Crippen LogP contribution in [0, 0.1) is 6.92 Å². The molecule has 0 aliphatic heterocycles. The zero-order valence-corrected chi connectivity index (χ0v) is 14.7. The van der Waals surface area contributed by atoms with Gasteiger partial charge in [-0.2, -0.15) is 0 Å². The predicted molar refractivity (Wildman–Crippen MR) is 94.7 cm³/mol. The Morgan fingerprint density at radius 2 is 2.23 bits per heavy atom. The van der Waals surface area contributed by atoms with E-state index in [0.717, 1.165) is 0 Å². The van der Waals surface area contributed by atoms with Crippen molar-refractivity contribution in [3.63, 3.8) is 0 Å². The number of pyridine rings is 1. The second-order valence-electron chi connectivity index (χ2n) is 5.44. The lowest BCUT2D eigenvalue weighted by Gasteiger charge is -2.10. The lowest BCUT2D eigenvalue weighted by molar-refractivity contribution is -0.148. The molecule has 26 heavy (non-hydrogen) atoms. The minimum Gasteiger partial charge on any atom is -0.449 e. The van der Waals surface area contributed by atoms with Crippen molar-refractivity contribution in [2.45, 2.75) is 20.0 Å². The number of ether oxygens (including phenoxy) is 1. The SMILES string of the molecule is Cc1cc(NC(=O)[C@H](C)OC(=O)/C=C/c2c(Cl)nc3ccccn23)no1. The Morgan fingerprint density at radius 3 is 2.96 bits per heavy atom. The quantitative estimate of drug-likeness (QED) is 0.544. The van der Waals surface area contributed by atoms with E-state index in [1.807, 2.05) is 12.1 Å². The van der Waals surface area contributed by atoms with Crippen LogP contribution in [0.4, 0.5) is 5.82 Å². The maximum Gasteiger partial charge on any atom is 0.331 e. The second-order valence-corrected chi connectivity index (χ2v) is 5.80. The molecule has 0 saturated carbocycles. The molecule has 0 aliphatic rings. The smallest absolute Gasteiger partial charge is 0.331 e. The van der Waals surface area contributed by atoms with Gasteiger partial charge in [0.15, 0.2) is 17.1 Å². The fraction of sp³-hybridized carbons (Fsp3) is 0.176. The van der Waals surface area contributed by atoms with Crippen molar-refractivity contribution >= 4 is 41.0 Å². The summed E-state index contributed by atoms with van der Waals surface area (Å²) in [7, 11) is 0. The van der Waals surface area contributed by atoms with E-state index in [-0.39, 0.29) is 11.0 Å². The summed E-state index contributed by atoms with van der Waals surface area (Å²) in [5.41, 5.74) is 1.19. The molecule has 0 spiro atoms. The van der Waals surface area contributed by atoms with Gasteiger partial charge in [0, 0.05) is 18.3 Å². The molecule has 1 amide bonds. The molecule has 0 unspecified atom stereocenters. The molecule has 3 heterocycles. The monoisotopic (exact) mass is 374 g/mol. The minimum absolute atomic E-state index is 0.253. The highest BCUT2D eigenvalue weighted by Crippen LogP contribution is 2.19. The molecule has 1 atom stereocenters. The standard InChI is InChI=1S/C17H15ClN4O4/c1-10-9-13(21-26-10)19-17(24)11(2)25-15(23)7-6-12-16(18)20-14-5-3-4-8-22(12)14/h3-9,11H,1-2H3,(H,19,21,24)/b7-6+/t11-/m0/s1. The molecule has 8 nitrogen and oxygen atoms in total. The summed E-state index contributed by atoms with van der Waals surface area (Å²) in [6.07, 6.45) is 3.43. The molecule has 0 fully saturated rings. The van der Waals surface area contributed by atoms with Crippen LogP contribution < -0.4 is 5.32 Å². The highest BCUT2D eigenvalue weighted by molar-refractivity contribution is 6.31. The number of halogens is 1. The van der Waals surface area contributed by atoms with Crippen molar-refractivity contribution in [1.29, 1.82) is 0 Å². The third-order valence-corrected chi connectivity index (χ3v) is 3.72. The van der Waals surface area contributed by atoms with Gasteiger partial charge in [0.1, 0.15) is 11.4 Å². The first-order valence-electron chi connectivity index (χ1n) is 7.69. The Labute approximate surface area is 153 Å². The number of carbonyl (C=O) groups excluding carboxylic acids is 2. The van der Waals surface area contributed by atoms with Crippen LogP contribution in [0.15, 0.2) is 41.1 Å². The maximum atomic E-state index is 12.0. The predicted octanol–water partition coefficient (Wildman–Crippen LogP) is 2.87. The van der Waals surface area contributed by atoms with Crippen LogP contribution >= 0.6 is 11.6 Å². The third-order valence-electron chi connectivity index (χ3n) is 3.44. The Morgan fingerprint density at radius 1 is 1.42 bits per heavy atom. The van der Waals surface area contributed by atoms with Crippen molar-refractivity contribution in [2.75, 3.05) is 5.32 Å². The summed E-state index contributed by atoms with van der Waals surface area (Å²) in [6.45, 7) is 3.15. The van der Waals surface area contributed by atoms with E-state index in [9.17, 15) is 9.59 Å². The molecule has 3 rings (SSSR count). The van der Waals surface area contributed by atoms with Gasteiger partial charge < -0.3 is 14.6 Å². The number of hydrogen-bond acceptors (Lipinski definition) is 6. The molecule has 3 aromatic rings. The van der Waals surface area contributed by atoms with E-state index in [0.29, 0.717) is 17.1 Å². The fourth-order valence-corrected chi connectivity index (χ4v) is 2.44. The van der Waals surface area contributed by atoms with Crippen LogP contribution in [-0.4, -0.2) is 32.5 Å². The van der Waals surface area contributed by atoms with Crippen LogP contribution in [0.2, 0.25) is 5.15 Å². The summed E-state index contributed by atoms with van der Waals surface area (Å²) in [4.78, 5) is 28.1. The Balaban J connectivity index is 1.63. The number of esters is 1. The van der Waals surface area contributed by atoms with Crippen molar-refractivity contribution < 1.29 is 18.8 Å². The number of imidazole rings is 1. The molecule has 134 valence electrons. The van der Waals surface area contributed by atoms with Gasteiger partial charge in [0.25, 0.3) is 5.91 Å². The molecule has 0 aromatic carbocycles. The number of aryl methyl sites for hydroxylation is 1. The van der Waals surface area contributed by atoms with Gasteiger partial charge in [-0.15, -0.1) is 0 Å². The molecule has 3 aromatic heterocycles. The first-order chi connectivity index (χ1) is 12.4. The van der Waals surface area contributed by atoms with Crippen molar-refractivity contribution in [1.82, 2.24) is 14.5 Å². The minimum atomic E-state index is -1.01. The molecular weight excluding hydrogens is 360 g/mol. The summed E-state index contributed by atoms with van der Waals surface area (Å²) < 4.78 is 11.7. The van der Waals surface area contributed by atoms with Gasteiger partial charge in [-0.3, -0.25) is 9.20 Å². The van der Waals surface area contributed by atoms with Crippen LogP contribution in [0.5, 0.6) is 0 Å². The van der Waals surface area contributed by atoms with Crippen molar-refractivity contribution in [3.05, 3.63) is 53.1 Å². The number of hydrogen-bond donors (Lipinski definition) is 1. The number of carbonyl (C=O) groups is 2. The summed E-state index contributed by atoms with van der Waals surface area (Å²) in [5.74, 6) is -0.403. The molecule has 0 saturated heterocycles. The van der Waals surface area contributed by atoms with Crippen LogP contribution in [0.1, 0.15) is 18.4 Å². The number of amides is 1. The van der Waals surface area contributed by atoms with Crippen molar-refractivity contribution in [3.8, 4) is 0 Å². The molecule has 0 bridgehead atoms. The van der Waals surface area contributed by atoms with E-state index >= 15 is 0 Å². The van der Waals surface area contributed by atoms with Crippen molar-refractivity contribution in [2.24, 2.45) is 0 Å². The molecule has 9 heteroatoms. The second kappa shape index (κ2) is 7.40. The molecule has 0 aliphatic carbocycles. The number of nitrogens with one attached hydrogen (secondary N) is 1. The highest BCUT2D eigenvalue weighted by Gasteiger charge is 2.18. The molecule has 1 N–H and O–H groups in total. The summed E-state index contributed by atoms with van der Waals surface area (Å²) in [5, 5.41) is 6.39. The van der Waals surface area contributed by atoms with Gasteiger partial charge in [-0.05, 0) is 32.1 Å². The lowest BCUT2D eigenvalue weighted by atomic mass is 10.3. The normalized spacial score (nSPS) is 12.4. The average Bonchev–Trinajstić information content (AvgIpc) is 3.15. The highest BCUT2D eigenvalue weighted by atomic mass is 35.5. The number of aromatic nitrogens is 3. The van der Waals surface area contributed by atoms with Gasteiger partial charge in [-0.1, -0.05) is 22.8 Å². The zero-order valence-electron chi connectivity index (χ0n) is 14.0. The van der Waals surface area contributed by atoms with Gasteiger partial charge >= 0.3 is 5.97 Å². The fourth-order valence-electron chi connectivity index (χ4n) is 2.20. The van der Waals surface area contributed by atoms with E-state index in [1.54, 1.807) is 29.7 Å². The summed E-state index contributed by atoms with van der Waals surface area (Å²) in [6, 6.07) is 6.99. The van der Waals surface area contributed by atoms with E-state index < -0.39 is 18.0 Å². The average molecular weight is 375 g/mol. The zero-order chi connectivity index (χ0) is 18.7. The Hall–Kier alpha value is -3.13. The van der Waals surface area contributed by atoms with Crippen LogP contribution in [0.3, 0.4) is 0 Å². The molecular formula is C17H15ClN4O4. The third kappa shape index (κ3) is 3.92. The first-order valence-corrected chi connectivity index (χ1v) is 8.07. The van der Waals surface area contributed by atoms with E-state index in [1.165, 1.54) is 19.1 Å². The van der Waals surface area contributed by atoms with Crippen LogP contribution in [-0.2, 0) is 14.3 Å². The van der Waals surface area contributed by atoms with Crippen LogP contribution in [0.25, 0.3) is 11.7 Å². The van der Waals surface area contributed by atoms with Gasteiger partial charge in [0.05, 0.1) is 5.69 Å². The number of fused-ring (bicyclic) bond motifs is 1. The summed E-state index contributed by atoms with van der Waals surface area (Å²) >= 11 is 6.08. The first kappa shape index (κ1) is 17.7. The number of nitrogens with zero attached hydrogens (tertiary/aromatic N) is 3. The lowest BCUT2D eigenvalue weighted by Crippen LogP contribution is -2.29.